The highest BCUT2D eigenvalue weighted by Crippen LogP contribution is 2.35. The molecule has 0 N–H and O–H groups in total. The van der Waals surface area contributed by atoms with Crippen LogP contribution in [0, 0.1) is 13.8 Å². The van der Waals surface area contributed by atoms with Crippen LogP contribution in [-0.4, -0.2) is 56.2 Å². The van der Waals surface area contributed by atoms with Crippen molar-refractivity contribution >= 4 is 45.0 Å². The van der Waals surface area contributed by atoms with Crippen LogP contribution in [0.25, 0.3) is 10.2 Å². The number of hydrogen-bond acceptors (Lipinski definition) is 6. The fourth-order valence-electron chi connectivity index (χ4n) is 3.64. The molecule has 1 aromatic heterocycles. The molecule has 1 aliphatic rings. The number of halogens is 1. The smallest absolute Gasteiger partial charge is 0.260 e. The quantitative estimate of drug-likeness (QED) is 0.532. The molecule has 0 atom stereocenters. The minimum absolute atomic E-state index is 0. The molecular formula is C23H28ClN3O3S. The maximum atomic E-state index is 13.5. The monoisotopic (exact) mass is 461 g/mol. The van der Waals surface area contributed by atoms with Crippen LogP contribution in [0.4, 0.5) is 5.13 Å². The number of amides is 1. The fraction of sp³-hybridized carbons (Fsp3) is 0.391. The summed E-state index contributed by atoms with van der Waals surface area (Å²) in [4.78, 5) is 22.3. The second-order valence-corrected chi connectivity index (χ2v) is 8.88. The van der Waals surface area contributed by atoms with Crippen molar-refractivity contribution in [3.8, 4) is 11.5 Å². The van der Waals surface area contributed by atoms with Crippen molar-refractivity contribution in [2.45, 2.75) is 20.3 Å². The predicted molar refractivity (Wildman–Crippen MR) is 129 cm³/mol. The first kappa shape index (κ1) is 23.3. The third-order valence-electron chi connectivity index (χ3n) is 5.06. The van der Waals surface area contributed by atoms with Crippen LogP contribution in [0.5, 0.6) is 11.5 Å². The highest BCUT2D eigenvalue weighted by Gasteiger charge is 2.23. The van der Waals surface area contributed by atoms with Gasteiger partial charge < -0.3 is 14.4 Å². The molecule has 0 saturated heterocycles. The maximum Gasteiger partial charge on any atom is 0.260 e. The number of rotatable bonds is 6. The Morgan fingerprint density at radius 2 is 1.81 bits per heavy atom. The Morgan fingerprint density at radius 3 is 2.55 bits per heavy atom. The van der Waals surface area contributed by atoms with Gasteiger partial charge in [-0.2, -0.15) is 0 Å². The number of benzene rings is 2. The Balaban J connectivity index is 0.00000272. The highest BCUT2D eigenvalue weighted by atomic mass is 35.5. The van der Waals surface area contributed by atoms with Crippen LogP contribution < -0.4 is 14.4 Å². The molecule has 0 aliphatic carbocycles. The van der Waals surface area contributed by atoms with Crippen LogP contribution >= 0.6 is 23.7 Å². The Hall–Kier alpha value is -2.35. The van der Waals surface area contributed by atoms with Crippen LogP contribution in [0.15, 0.2) is 30.3 Å². The molecule has 0 unspecified atom stereocenters. The average molecular weight is 462 g/mol. The van der Waals surface area contributed by atoms with Gasteiger partial charge in [0.05, 0.1) is 10.2 Å². The van der Waals surface area contributed by atoms with Gasteiger partial charge in [0.1, 0.15) is 13.2 Å². The maximum absolute atomic E-state index is 13.5. The lowest BCUT2D eigenvalue weighted by atomic mass is 10.1. The Morgan fingerprint density at radius 1 is 1.06 bits per heavy atom. The number of carbonyl (C=O) groups is 1. The second kappa shape index (κ2) is 9.85. The highest BCUT2D eigenvalue weighted by molar-refractivity contribution is 7.22. The summed E-state index contributed by atoms with van der Waals surface area (Å²) in [5.74, 6) is 1.23. The zero-order valence-corrected chi connectivity index (χ0v) is 19.9. The van der Waals surface area contributed by atoms with E-state index in [9.17, 15) is 4.79 Å². The zero-order chi connectivity index (χ0) is 21.3. The van der Waals surface area contributed by atoms with Gasteiger partial charge in [0.15, 0.2) is 16.6 Å². The van der Waals surface area contributed by atoms with Crippen LogP contribution in [0.2, 0.25) is 0 Å². The van der Waals surface area contributed by atoms with Crippen molar-refractivity contribution in [1.82, 2.24) is 9.88 Å². The minimum atomic E-state index is -0.0702. The van der Waals surface area contributed by atoms with E-state index >= 15 is 0 Å². The van der Waals surface area contributed by atoms with Crippen molar-refractivity contribution in [2.24, 2.45) is 0 Å². The molecule has 1 aliphatic heterocycles. The number of nitrogens with zero attached hydrogens (tertiary/aromatic N) is 3. The van der Waals surface area contributed by atoms with Gasteiger partial charge in [-0.05, 0) is 76.3 Å². The number of thiazole rings is 1. The van der Waals surface area contributed by atoms with E-state index in [1.807, 2.05) is 20.2 Å². The summed E-state index contributed by atoms with van der Waals surface area (Å²) in [6.45, 7) is 6.68. The Labute approximate surface area is 193 Å². The lowest BCUT2D eigenvalue weighted by molar-refractivity contribution is 0.0984. The van der Waals surface area contributed by atoms with Crippen molar-refractivity contribution in [3.63, 3.8) is 0 Å². The summed E-state index contributed by atoms with van der Waals surface area (Å²) in [6, 6.07) is 9.62. The molecule has 0 radical (unpaired) electrons. The van der Waals surface area contributed by atoms with E-state index < -0.39 is 0 Å². The number of anilines is 1. The third-order valence-corrected chi connectivity index (χ3v) is 6.29. The number of fused-ring (bicyclic) bond motifs is 2. The molecule has 3 aromatic rings. The number of carbonyl (C=O) groups excluding carboxylic acids is 1. The van der Waals surface area contributed by atoms with Gasteiger partial charge >= 0.3 is 0 Å². The molecule has 1 amide bonds. The molecule has 0 saturated carbocycles. The van der Waals surface area contributed by atoms with Gasteiger partial charge in [-0.25, -0.2) is 4.98 Å². The van der Waals surface area contributed by atoms with E-state index in [1.165, 1.54) is 11.1 Å². The zero-order valence-electron chi connectivity index (χ0n) is 18.3. The van der Waals surface area contributed by atoms with E-state index in [4.69, 9.17) is 14.5 Å². The Bertz CT molecular complexity index is 1080. The molecule has 2 heterocycles. The second-order valence-electron chi connectivity index (χ2n) is 7.90. The molecule has 2 aromatic carbocycles. The summed E-state index contributed by atoms with van der Waals surface area (Å²) >= 11 is 1.58. The molecule has 0 spiro atoms. The molecule has 8 heteroatoms. The fourth-order valence-corrected chi connectivity index (χ4v) is 4.68. The molecule has 0 fully saturated rings. The first-order valence-corrected chi connectivity index (χ1v) is 11.0. The van der Waals surface area contributed by atoms with Crippen LogP contribution in [0.3, 0.4) is 0 Å². The lowest BCUT2D eigenvalue weighted by Crippen LogP contribution is -2.33. The summed E-state index contributed by atoms with van der Waals surface area (Å²) in [6.07, 6.45) is 0.858. The molecule has 0 bridgehead atoms. The standard InChI is InChI=1S/C23H27N3O3S.ClH/c1-15-12-16(2)21-18(13-15)24-23(30-21)26(9-5-8-25(3)4)22(27)17-6-7-19-20(14-17)29-11-10-28-19;/h6-7,12-14H,5,8-11H2,1-4H3;1H. The minimum Gasteiger partial charge on any atom is -0.486 e. The lowest BCUT2D eigenvalue weighted by Gasteiger charge is -2.23. The summed E-state index contributed by atoms with van der Waals surface area (Å²) in [5, 5.41) is 0.734. The van der Waals surface area contributed by atoms with E-state index in [1.54, 1.807) is 28.4 Å². The van der Waals surface area contributed by atoms with Gasteiger partial charge in [-0.15, -0.1) is 12.4 Å². The summed E-state index contributed by atoms with van der Waals surface area (Å²) in [5.41, 5.74) is 3.89. The summed E-state index contributed by atoms with van der Waals surface area (Å²) < 4.78 is 12.4. The van der Waals surface area contributed by atoms with Crippen molar-refractivity contribution in [3.05, 3.63) is 47.0 Å². The van der Waals surface area contributed by atoms with Gasteiger partial charge in [0, 0.05) is 12.1 Å². The van der Waals surface area contributed by atoms with Crippen molar-refractivity contribution < 1.29 is 14.3 Å². The molecule has 4 rings (SSSR count). The van der Waals surface area contributed by atoms with Gasteiger partial charge in [-0.1, -0.05) is 17.4 Å². The molecular weight excluding hydrogens is 434 g/mol. The number of aryl methyl sites for hydroxylation is 2. The SMILES string of the molecule is Cc1cc(C)c2sc(N(CCCN(C)C)C(=O)c3ccc4c(c3)OCCO4)nc2c1.Cl. The van der Waals surface area contributed by atoms with Gasteiger partial charge in [0.25, 0.3) is 5.91 Å². The molecule has 6 nitrogen and oxygen atoms in total. The Kier molecular flexibility index (Phi) is 7.41. The summed E-state index contributed by atoms with van der Waals surface area (Å²) in [7, 11) is 4.08. The van der Waals surface area contributed by atoms with Crippen LogP contribution in [-0.2, 0) is 0 Å². The van der Waals surface area contributed by atoms with Gasteiger partial charge in [0.2, 0.25) is 0 Å². The van der Waals surface area contributed by atoms with E-state index in [0.29, 0.717) is 36.8 Å². The number of hydrogen-bond donors (Lipinski definition) is 0. The van der Waals surface area contributed by atoms with E-state index in [-0.39, 0.29) is 18.3 Å². The van der Waals surface area contributed by atoms with Crippen molar-refractivity contribution in [1.29, 1.82) is 0 Å². The average Bonchev–Trinajstić information content (AvgIpc) is 3.14. The molecule has 31 heavy (non-hydrogen) atoms. The topological polar surface area (TPSA) is 54.9 Å². The number of aromatic nitrogens is 1. The third kappa shape index (κ3) is 5.11. The van der Waals surface area contributed by atoms with E-state index in [2.05, 4.69) is 30.9 Å². The predicted octanol–water partition coefficient (Wildman–Crippen LogP) is 4.70. The largest absolute Gasteiger partial charge is 0.486 e. The van der Waals surface area contributed by atoms with E-state index in [0.717, 1.165) is 28.3 Å². The van der Waals surface area contributed by atoms with Crippen molar-refractivity contribution in [2.75, 3.05) is 45.3 Å². The van der Waals surface area contributed by atoms with Gasteiger partial charge in [-0.3, -0.25) is 9.69 Å². The number of ether oxygens (including phenoxy) is 2. The normalized spacial score (nSPS) is 12.7. The molecule has 166 valence electrons. The first-order chi connectivity index (χ1) is 14.4. The first-order valence-electron chi connectivity index (χ1n) is 10.2. The van der Waals surface area contributed by atoms with Crippen LogP contribution in [0.1, 0.15) is 27.9 Å².